The summed E-state index contributed by atoms with van der Waals surface area (Å²) in [5.74, 6) is -1.09. The molecule has 0 radical (unpaired) electrons. The smallest absolute Gasteiger partial charge is 0.315 e. The van der Waals surface area contributed by atoms with Crippen LogP contribution in [0.25, 0.3) is 0 Å². The molecule has 0 spiro atoms. The quantitative estimate of drug-likeness (QED) is 0.533. The number of nitrogens with one attached hydrogen (secondary N) is 3. The van der Waals surface area contributed by atoms with Gasteiger partial charge in [-0.1, -0.05) is 42.5 Å². The van der Waals surface area contributed by atoms with Gasteiger partial charge in [-0.3, -0.25) is 9.59 Å². The zero-order valence-electron chi connectivity index (χ0n) is 15.8. The normalized spacial score (nSPS) is 11.3. The number of hydrogen-bond donors (Lipinski definition) is 4. The van der Waals surface area contributed by atoms with Gasteiger partial charge >= 0.3 is 12.0 Å². The maximum atomic E-state index is 12.3. The Hall–Kier alpha value is -3.35. The van der Waals surface area contributed by atoms with Crippen molar-refractivity contribution in [1.29, 1.82) is 0 Å². The van der Waals surface area contributed by atoms with Crippen molar-refractivity contribution in [1.82, 2.24) is 16.0 Å². The zero-order chi connectivity index (χ0) is 20.4. The van der Waals surface area contributed by atoms with Gasteiger partial charge in [-0.25, -0.2) is 4.79 Å². The lowest BCUT2D eigenvalue weighted by atomic mass is 10.0. The minimum atomic E-state index is -0.897. The predicted molar refractivity (Wildman–Crippen MR) is 106 cm³/mol. The van der Waals surface area contributed by atoms with Gasteiger partial charge in [0.15, 0.2) is 0 Å². The van der Waals surface area contributed by atoms with Crippen molar-refractivity contribution in [2.24, 2.45) is 0 Å². The number of carboxylic acid groups (broad SMARTS) is 1. The second kappa shape index (κ2) is 10.7. The van der Waals surface area contributed by atoms with E-state index in [1.54, 1.807) is 25.2 Å². The van der Waals surface area contributed by atoms with E-state index in [-0.39, 0.29) is 30.9 Å². The molecule has 0 saturated carbocycles. The van der Waals surface area contributed by atoms with Crippen LogP contribution < -0.4 is 16.0 Å². The third-order valence-electron chi connectivity index (χ3n) is 4.24. The molecule has 0 aliphatic carbocycles. The Morgan fingerprint density at radius 3 is 2.39 bits per heavy atom. The van der Waals surface area contributed by atoms with Crippen molar-refractivity contribution < 1.29 is 19.5 Å². The van der Waals surface area contributed by atoms with E-state index >= 15 is 0 Å². The fraction of sp³-hybridized carbons (Fsp3) is 0.286. The first kappa shape index (κ1) is 21.0. The largest absolute Gasteiger partial charge is 0.481 e. The molecule has 0 aliphatic rings. The third kappa shape index (κ3) is 7.11. The van der Waals surface area contributed by atoms with Crippen molar-refractivity contribution in [2.75, 3.05) is 7.05 Å². The summed E-state index contributed by atoms with van der Waals surface area (Å²) < 4.78 is 0. The molecule has 0 aliphatic heterocycles. The number of carboxylic acids is 1. The fourth-order valence-corrected chi connectivity index (χ4v) is 2.81. The van der Waals surface area contributed by atoms with Gasteiger partial charge in [-0.05, 0) is 36.1 Å². The fourth-order valence-electron chi connectivity index (χ4n) is 2.81. The maximum Gasteiger partial charge on any atom is 0.315 e. The molecular weight excluding hydrogens is 358 g/mol. The Labute approximate surface area is 164 Å². The molecular formula is C21H25N3O4. The van der Waals surface area contributed by atoms with Crippen LogP contribution in [0.5, 0.6) is 0 Å². The van der Waals surface area contributed by atoms with Crippen molar-refractivity contribution in [3.05, 3.63) is 71.3 Å². The van der Waals surface area contributed by atoms with E-state index < -0.39 is 5.97 Å². The van der Waals surface area contributed by atoms with E-state index in [2.05, 4.69) is 16.0 Å². The topological polar surface area (TPSA) is 108 Å². The minimum Gasteiger partial charge on any atom is -0.481 e. The first-order chi connectivity index (χ1) is 13.5. The molecule has 1 unspecified atom stereocenters. The number of aliphatic carboxylic acids is 1. The van der Waals surface area contributed by atoms with E-state index in [0.717, 1.165) is 11.1 Å². The average molecular weight is 383 g/mol. The highest BCUT2D eigenvalue weighted by molar-refractivity contribution is 5.94. The summed E-state index contributed by atoms with van der Waals surface area (Å²) in [6, 6.07) is 15.9. The van der Waals surface area contributed by atoms with Crippen molar-refractivity contribution in [3.8, 4) is 0 Å². The molecule has 4 N–H and O–H groups in total. The predicted octanol–water partition coefficient (Wildman–Crippen LogP) is 2.32. The van der Waals surface area contributed by atoms with Gasteiger partial charge in [-0.15, -0.1) is 0 Å². The van der Waals surface area contributed by atoms with E-state index in [0.29, 0.717) is 18.4 Å². The number of rotatable bonds is 9. The number of benzene rings is 2. The Morgan fingerprint density at radius 2 is 1.71 bits per heavy atom. The van der Waals surface area contributed by atoms with Gasteiger partial charge in [0.2, 0.25) is 0 Å². The van der Waals surface area contributed by atoms with Gasteiger partial charge in [-0.2, -0.15) is 0 Å². The molecule has 7 nitrogen and oxygen atoms in total. The Kier molecular flexibility index (Phi) is 8.02. The summed E-state index contributed by atoms with van der Waals surface area (Å²) >= 11 is 0. The molecule has 2 rings (SSSR count). The van der Waals surface area contributed by atoms with Gasteiger partial charge in [0.05, 0.1) is 0 Å². The van der Waals surface area contributed by atoms with Crippen molar-refractivity contribution in [3.63, 3.8) is 0 Å². The Morgan fingerprint density at radius 1 is 1.00 bits per heavy atom. The third-order valence-corrected chi connectivity index (χ3v) is 4.24. The van der Waals surface area contributed by atoms with Gasteiger partial charge in [0.25, 0.3) is 5.91 Å². The number of urea groups is 1. The van der Waals surface area contributed by atoms with E-state index in [1.807, 2.05) is 36.4 Å². The zero-order valence-corrected chi connectivity index (χ0v) is 15.8. The molecule has 7 heteroatoms. The molecule has 2 aromatic rings. The van der Waals surface area contributed by atoms with Crippen LogP contribution in [0.2, 0.25) is 0 Å². The Balaban J connectivity index is 1.93. The number of amides is 3. The Bertz CT molecular complexity index is 808. The number of hydrogen-bond acceptors (Lipinski definition) is 3. The summed E-state index contributed by atoms with van der Waals surface area (Å²) in [6.45, 7) is 0.258. The van der Waals surface area contributed by atoms with E-state index in [4.69, 9.17) is 5.11 Å². The van der Waals surface area contributed by atoms with Crippen LogP contribution in [0.3, 0.4) is 0 Å². The lowest BCUT2D eigenvalue weighted by molar-refractivity contribution is -0.137. The van der Waals surface area contributed by atoms with E-state index in [9.17, 15) is 14.4 Å². The number of carbonyl (C=O) groups excluding carboxylic acids is 2. The first-order valence-electron chi connectivity index (χ1n) is 9.09. The summed E-state index contributed by atoms with van der Waals surface area (Å²) in [6.07, 6.45) is 0.865. The van der Waals surface area contributed by atoms with Crippen LogP contribution in [-0.2, 0) is 17.8 Å². The first-order valence-corrected chi connectivity index (χ1v) is 9.09. The molecule has 148 valence electrons. The van der Waals surface area contributed by atoms with Crippen LogP contribution in [0.1, 0.15) is 34.3 Å². The van der Waals surface area contributed by atoms with Gasteiger partial charge in [0, 0.05) is 31.6 Å². The van der Waals surface area contributed by atoms with Crippen LogP contribution in [-0.4, -0.2) is 36.1 Å². The second-order valence-electron chi connectivity index (χ2n) is 6.43. The SMILES string of the molecule is CNC(=O)c1cccc(CNC(=O)NC(CCC(=O)O)Cc2ccccc2)c1. The molecule has 0 saturated heterocycles. The summed E-state index contributed by atoms with van der Waals surface area (Å²) in [5, 5.41) is 17.1. The molecule has 3 amide bonds. The molecule has 0 heterocycles. The average Bonchev–Trinajstić information content (AvgIpc) is 2.71. The lowest BCUT2D eigenvalue weighted by Crippen LogP contribution is -2.43. The molecule has 2 aromatic carbocycles. The maximum absolute atomic E-state index is 12.3. The molecule has 0 fully saturated rings. The standard InChI is InChI=1S/C21H25N3O4/c1-22-20(27)17-9-5-8-16(12-17)14-23-21(28)24-18(10-11-19(25)26)13-15-6-3-2-4-7-15/h2-9,12,18H,10-11,13-14H2,1H3,(H,22,27)(H,25,26)(H2,23,24,28). The van der Waals surface area contributed by atoms with Gasteiger partial charge in [0.1, 0.15) is 0 Å². The second-order valence-corrected chi connectivity index (χ2v) is 6.43. The summed E-state index contributed by atoms with van der Waals surface area (Å²) in [4.78, 5) is 34.9. The van der Waals surface area contributed by atoms with Crippen LogP contribution in [0, 0.1) is 0 Å². The van der Waals surface area contributed by atoms with Crippen LogP contribution in [0.15, 0.2) is 54.6 Å². The molecule has 0 bridgehead atoms. The lowest BCUT2D eigenvalue weighted by Gasteiger charge is -2.19. The van der Waals surface area contributed by atoms with Crippen LogP contribution >= 0.6 is 0 Å². The van der Waals surface area contributed by atoms with E-state index in [1.165, 1.54) is 0 Å². The highest BCUT2D eigenvalue weighted by atomic mass is 16.4. The summed E-state index contributed by atoms with van der Waals surface area (Å²) in [5.41, 5.74) is 2.34. The molecule has 28 heavy (non-hydrogen) atoms. The number of carbonyl (C=O) groups is 3. The molecule has 1 atom stereocenters. The van der Waals surface area contributed by atoms with Crippen LogP contribution in [0.4, 0.5) is 4.79 Å². The van der Waals surface area contributed by atoms with Gasteiger partial charge < -0.3 is 21.1 Å². The summed E-state index contributed by atoms with van der Waals surface area (Å²) in [7, 11) is 1.56. The van der Waals surface area contributed by atoms with Crippen molar-refractivity contribution >= 4 is 17.9 Å². The minimum absolute atomic E-state index is 0.0219. The molecule has 0 aromatic heterocycles. The monoisotopic (exact) mass is 383 g/mol. The highest BCUT2D eigenvalue weighted by Gasteiger charge is 2.15. The van der Waals surface area contributed by atoms with Crippen molar-refractivity contribution in [2.45, 2.75) is 31.8 Å². The highest BCUT2D eigenvalue weighted by Crippen LogP contribution is 2.09.